The Morgan fingerprint density at radius 3 is 2.36 bits per heavy atom. The predicted octanol–water partition coefficient (Wildman–Crippen LogP) is 4.00. The zero-order chi connectivity index (χ0) is 18.6. The summed E-state index contributed by atoms with van der Waals surface area (Å²) >= 11 is 2.98. The number of amides is 1. The number of aliphatic hydroxyl groups is 1. The van der Waals surface area contributed by atoms with E-state index >= 15 is 0 Å². The smallest absolute Gasteiger partial charge is 0.394 e. The molecule has 134 valence electrons. The van der Waals surface area contributed by atoms with E-state index in [1.54, 1.807) is 0 Å². The van der Waals surface area contributed by atoms with E-state index in [1.165, 1.54) is 36.4 Å². The standard InChI is InChI=1S/C17H14BrF4NO2/c18-11-3-6-13(14(8-11)17(20,21)22)15(9-24)23-16(25)7-10-1-4-12(19)5-2-10/h1-6,8,15,24H,7,9H2,(H,23,25). The highest BCUT2D eigenvalue weighted by atomic mass is 79.9. The van der Waals surface area contributed by atoms with Crippen molar-refractivity contribution in [2.24, 2.45) is 0 Å². The van der Waals surface area contributed by atoms with Gasteiger partial charge in [0, 0.05) is 4.47 Å². The van der Waals surface area contributed by atoms with Gasteiger partial charge in [-0.15, -0.1) is 0 Å². The van der Waals surface area contributed by atoms with Crippen molar-refractivity contribution < 1.29 is 27.5 Å². The molecule has 2 aromatic rings. The minimum Gasteiger partial charge on any atom is -0.394 e. The van der Waals surface area contributed by atoms with Crippen LogP contribution in [0.2, 0.25) is 0 Å². The average molecular weight is 420 g/mol. The predicted molar refractivity (Wildman–Crippen MR) is 87.2 cm³/mol. The summed E-state index contributed by atoms with van der Waals surface area (Å²) in [6.07, 6.45) is -4.77. The van der Waals surface area contributed by atoms with Crippen molar-refractivity contribution >= 4 is 21.8 Å². The lowest BCUT2D eigenvalue weighted by Crippen LogP contribution is -2.33. The summed E-state index contributed by atoms with van der Waals surface area (Å²) in [4.78, 5) is 12.1. The second-order valence-corrected chi connectivity index (χ2v) is 6.25. The monoisotopic (exact) mass is 419 g/mol. The maximum Gasteiger partial charge on any atom is 0.416 e. The molecule has 0 aliphatic carbocycles. The number of hydrogen-bond acceptors (Lipinski definition) is 2. The molecule has 2 aromatic carbocycles. The van der Waals surface area contributed by atoms with Crippen LogP contribution in [0.5, 0.6) is 0 Å². The molecule has 0 saturated heterocycles. The molecular weight excluding hydrogens is 406 g/mol. The highest BCUT2D eigenvalue weighted by Crippen LogP contribution is 2.36. The first-order valence-corrected chi connectivity index (χ1v) is 8.01. The lowest BCUT2D eigenvalue weighted by atomic mass is 10.00. The zero-order valence-electron chi connectivity index (χ0n) is 12.8. The van der Waals surface area contributed by atoms with Gasteiger partial charge in [-0.2, -0.15) is 13.2 Å². The number of carbonyl (C=O) groups is 1. The van der Waals surface area contributed by atoms with Gasteiger partial charge in [0.05, 0.1) is 24.6 Å². The van der Waals surface area contributed by atoms with Crippen LogP contribution in [0.3, 0.4) is 0 Å². The number of aliphatic hydroxyl groups excluding tert-OH is 1. The maximum absolute atomic E-state index is 13.2. The number of carbonyl (C=O) groups excluding carboxylic acids is 1. The molecule has 0 spiro atoms. The molecule has 8 heteroatoms. The van der Waals surface area contributed by atoms with Crippen molar-refractivity contribution in [3.63, 3.8) is 0 Å². The van der Waals surface area contributed by atoms with E-state index in [9.17, 15) is 27.5 Å². The highest BCUT2D eigenvalue weighted by Gasteiger charge is 2.35. The summed E-state index contributed by atoms with van der Waals surface area (Å²) in [5, 5.41) is 11.8. The van der Waals surface area contributed by atoms with Gasteiger partial charge in [-0.1, -0.05) is 34.1 Å². The molecule has 2 rings (SSSR count). The molecule has 25 heavy (non-hydrogen) atoms. The fourth-order valence-corrected chi connectivity index (χ4v) is 2.69. The van der Waals surface area contributed by atoms with Crippen LogP contribution >= 0.6 is 15.9 Å². The molecule has 0 aromatic heterocycles. The van der Waals surface area contributed by atoms with Gasteiger partial charge in [-0.25, -0.2) is 4.39 Å². The SMILES string of the molecule is O=C(Cc1ccc(F)cc1)NC(CO)c1ccc(Br)cc1C(F)(F)F. The number of rotatable bonds is 5. The summed E-state index contributed by atoms with van der Waals surface area (Å²) in [7, 11) is 0. The van der Waals surface area contributed by atoms with Crippen molar-refractivity contribution in [2.45, 2.75) is 18.6 Å². The molecule has 0 heterocycles. The van der Waals surface area contributed by atoms with E-state index < -0.39 is 36.1 Å². The normalized spacial score (nSPS) is 12.7. The first-order chi connectivity index (χ1) is 11.7. The van der Waals surface area contributed by atoms with Gasteiger partial charge in [0.2, 0.25) is 5.91 Å². The lowest BCUT2D eigenvalue weighted by molar-refractivity contribution is -0.139. The van der Waals surface area contributed by atoms with Crippen LogP contribution in [0.1, 0.15) is 22.7 Å². The van der Waals surface area contributed by atoms with Gasteiger partial charge in [0.1, 0.15) is 5.82 Å². The van der Waals surface area contributed by atoms with Crippen LogP contribution in [0, 0.1) is 5.82 Å². The third-order valence-corrected chi connectivity index (χ3v) is 3.99. The Bertz CT molecular complexity index is 747. The zero-order valence-corrected chi connectivity index (χ0v) is 14.4. The van der Waals surface area contributed by atoms with Gasteiger partial charge in [0.25, 0.3) is 0 Å². The van der Waals surface area contributed by atoms with E-state index in [4.69, 9.17) is 0 Å². The Hall–Kier alpha value is -1.93. The van der Waals surface area contributed by atoms with Crippen LogP contribution in [0.4, 0.5) is 17.6 Å². The molecule has 0 fully saturated rings. The Balaban J connectivity index is 2.20. The third-order valence-electron chi connectivity index (χ3n) is 3.49. The number of hydrogen-bond donors (Lipinski definition) is 2. The Labute approximate surface area is 149 Å². The maximum atomic E-state index is 13.2. The van der Waals surface area contributed by atoms with E-state index in [1.807, 2.05) is 0 Å². The number of halogens is 5. The minimum atomic E-state index is -4.63. The largest absolute Gasteiger partial charge is 0.416 e. The van der Waals surface area contributed by atoms with Crippen molar-refractivity contribution in [2.75, 3.05) is 6.61 Å². The first kappa shape index (κ1) is 19.4. The van der Waals surface area contributed by atoms with Crippen LogP contribution in [-0.4, -0.2) is 17.6 Å². The minimum absolute atomic E-state index is 0.144. The quantitative estimate of drug-likeness (QED) is 0.719. The lowest BCUT2D eigenvalue weighted by Gasteiger charge is -2.21. The Morgan fingerprint density at radius 1 is 1.16 bits per heavy atom. The molecule has 1 atom stereocenters. The van der Waals surface area contributed by atoms with E-state index in [2.05, 4.69) is 21.2 Å². The third kappa shape index (κ3) is 5.27. The summed E-state index contributed by atoms with van der Waals surface area (Å²) < 4.78 is 52.7. The topological polar surface area (TPSA) is 49.3 Å². The molecule has 1 amide bonds. The van der Waals surface area contributed by atoms with Gasteiger partial charge in [-0.3, -0.25) is 4.79 Å². The molecule has 0 aliphatic rings. The fraction of sp³-hybridized carbons (Fsp3) is 0.235. The Kier molecular flexibility index (Phi) is 6.18. The molecular formula is C17H14BrF4NO2. The number of benzene rings is 2. The highest BCUT2D eigenvalue weighted by molar-refractivity contribution is 9.10. The van der Waals surface area contributed by atoms with Crippen molar-refractivity contribution in [3.05, 3.63) is 69.4 Å². The molecule has 3 nitrogen and oxygen atoms in total. The van der Waals surface area contributed by atoms with E-state index in [0.717, 1.165) is 6.07 Å². The Morgan fingerprint density at radius 2 is 1.80 bits per heavy atom. The van der Waals surface area contributed by atoms with E-state index in [0.29, 0.717) is 5.56 Å². The first-order valence-electron chi connectivity index (χ1n) is 7.22. The van der Waals surface area contributed by atoms with Crippen molar-refractivity contribution in [3.8, 4) is 0 Å². The van der Waals surface area contributed by atoms with Crippen molar-refractivity contribution in [1.82, 2.24) is 5.32 Å². The average Bonchev–Trinajstić information content (AvgIpc) is 2.54. The molecule has 0 bridgehead atoms. The molecule has 1 unspecified atom stereocenters. The summed E-state index contributed by atoms with van der Waals surface area (Å²) in [6, 6.07) is 7.46. The number of alkyl halides is 3. The van der Waals surface area contributed by atoms with Gasteiger partial charge in [-0.05, 0) is 35.4 Å². The second kappa shape index (κ2) is 7.97. The van der Waals surface area contributed by atoms with Crippen molar-refractivity contribution in [1.29, 1.82) is 0 Å². The van der Waals surface area contributed by atoms with Crippen LogP contribution < -0.4 is 5.32 Å². The van der Waals surface area contributed by atoms with Crippen LogP contribution in [0.25, 0.3) is 0 Å². The van der Waals surface area contributed by atoms with Gasteiger partial charge < -0.3 is 10.4 Å². The summed E-state index contributed by atoms with van der Waals surface area (Å²) in [6.45, 7) is -0.695. The van der Waals surface area contributed by atoms with Crippen LogP contribution in [0.15, 0.2) is 46.9 Å². The number of nitrogens with one attached hydrogen (secondary N) is 1. The molecule has 0 aliphatic heterocycles. The fourth-order valence-electron chi connectivity index (χ4n) is 2.33. The molecule has 0 radical (unpaired) electrons. The molecule has 2 N–H and O–H groups in total. The van der Waals surface area contributed by atoms with Crippen LogP contribution in [-0.2, 0) is 17.4 Å². The van der Waals surface area contributed by atoms with Gasteiger partial charge >= 0.3 is 6.18 Å². The summed E-state index contributed by atoms with van der Waals surface area (Å²) in [5.41, 5.74) is -0.670. The summed E-state index contributed by atoms with van der Waals surface area (Å²) in [5.74, 6) is -1.04. The van der Waals surface area contributed by atoms with E-state index in [-0.39, 0.29) is 16.5 Å². The van der Waals surface area contributed by atoms with Gasteiger partial charge in [0.15, 0.2) is 0 Å². The second-order valence-electron chi connectivity index (χ2n) is 5.34. The molecule has 0 saturated carbocycles.